The molecule has 2 aliphatic heterocycles. The highest BCUT2D eigenvalue weighted by Crippen LogP contribution is 2.40. The van der Waals surface area contributed by atoms with E-state index in [9.17, 15) is 14.4 Å². The zero-order chi connectivity index (χ0) is 33.7. The SMILES string of the molecule is CC[C@@H]1C(=O)N(C)c2cnc(Nc3ccc(C(=O)NC4CCN(CCCC(=O)OC(C)(C)C)CC4)cc3OC)nc2N1C1CCCC1. The minimum atomic E-state index is -0.457. The molecule has 1 aliphatic carbocycles. The Morgan fingerprint density at radius 1 is 1.09 bits per heavy atom. The number of amides is 2. The largest absolute Gasteiger partial charge is 0.495 e. The topological polar surface area (TPSA) is 129 Å². The standard InChI is InChI=1S/C35H51N7O5/c1-7-27-33(45)40(5)28-22-36-34(39-31(28)42(27)25-11-8-9-12-25)38-26-15-14-23(21-29(26)46-6)32(44)37-24-16-19-41(20-17-24)18-10-13-30(43)47-35(2,3)4/h14-15,21-22,24-25,27H,7-13,16-20H2,1-6H3,(H,37,44)(H,36,38,39)/t27-/m1/s1. The molecule has 12 heteroatoms. The molecule has 12 nitrogen and oxygen atoms in total. The molecule has 256 valence electrons. The first kappa shape index (κ1) is 34.4. The maximum absolute atomic E-state index is 13.2. The molecule has 1 saturated heterocycles. The minimum absolute atomic E-state index is 0.0765. The van der Waals surface area contributed by atoms with Gasteiger partial charge in [-0.15, -0.1) is 0 Å². The number of methoxy groups -OCH3 is 1. The van der Waals surface area contributed by atoms with Crippen molar-refractivity contribution < 1.29 is 23.9 Å². The van der Waals surface area contributed by atoms with Crippen LogP contribution in [0.3, 0.4) is 0 Å². The minimum Gasteiger partial charge on any atom is -0.495 e. The summed E-state index contributed by atoms with van der Waals surface area (Å²) in [6, 6.07) is 5.42. The predicted molar refractivity (Wildman–Crippen MR) is 183 cm³/mol. The number of piperidine rings is 1. The summed E-state index contributed by atoms with van der Waals surface area (Å²) in [6.45, 7) is 10.3. The van der Waals surface area contributed by atoms with Crippen LogP contribution in [0.15, 0.2) is 24.4 Å². The zero-order valence-electron chi connectivity index (χ0n) is 28.8. The van der Waals surface area contributed by atoms with Gasteiger partial charge in [0.05, 0.1) is 19.0 Å². The molecule has 0 bridgehead atoms. The molecule has 1 saturated carbocycles. The Hall–Kier alpha value is -3.93. The van der Waals surface area contributed by atoms with Crippen LogP contribution >= 0.6 is 0 Å². The van der Waals surface area contributed by atoms with Crippen molar-refractivity contribution in [2.24, 2.45) is 0 Å². The number of ether oxygens (including phenoxy) is 2. The summed E-state index contributed by atoms with van der Waals surface area (Å²) in [6.07, 6.45) is 9.69. The van der Waals surface area contributed by atoms with Crippen molar-refractivity contribution in [1.29, 1.82) is 0 Å². The van der Waals surface area contributed by atoms with Gasteiger partial charge in [0, 0.05) is 44.2 Å². The van der Waals surface area contributed by atoms with E-state index >= 15 is 0 Å². The Bertz CT molecular complexity index is 1430. The number of hydrogen-bond donors (Lipinski definition) is 2. The predicted octanol–water partition coefficient (Wildman–Crippen LogP) is 5.05. The van der Waals surface area contributed by atoms with E-state index in [2.05, 4.69) is 25.4 Å². The second-order valence-electron chi connectivity index (χ2n) is 13.9. The van der Waals surface area contributed by atoms with Crippen LogP contribution in [0.4, 0.5) is 23.1 Å². The first-order chi connectivity index (χ1) is 22.5. The van der Waals surface area contributed by atoms with Gasteiger partial charge < -0.3 is 34.8 Å². The van der Waals surface area contributed by atoms with Crippen LogP contribution in [0.25, 0.3) is 0 Å². The number of aromatic nitrogens is 2. The fourth-order valence-electron chi connectivity index (χ4n) is 6.91. The van der Waals surface area contributed by atoms with Gasteiger partial charge in [-0.2, -0.15) is 4.98 Å². The van der Waals surface area contributed by atoms with Crippen LogP contribution < -0.4 is 25.2 Å². The van der Waals surface area contributed by atoms with E-state index < -0.39 is 5.60 Å². The molecule has 2 aromatic rings. The lowest BCUT2D eigenvalue weighted by molar-refractivity contribution is -0.155. The molecule has 0 spiro atoms. The number of carbonyl (C=O) groups excluding carboxylic acids is 3. The van der Waals surface area contributed by atoms with E-state index in [1.165, 1.54) is 0 Å². The lowest BCUT2D eigenvalue weighted by Crippen LogP contribution is -2.55. The molecule has 2 amide bonds. The van der Waals surface area contributed by atoms with Crippen molar-refractivity contribution in [3.63, 3.8) is 0 Å². The number of nitrogens with zero attached hydrogens (tertiary/aromatic N) is 5. The van der Waals surface area contributed by atoms with Crippen LogP contribution in [0.2, 0.25) is 0 Å². The molecule has 3 aliphatic rings. The Morgan fingerprint density at radius 2 is 1.81 bits per heavy atom. The number of hydrogen-bond acceptors (Lipinski definition) is 10. The van der Waals surface area contributed by atoms with Gasteiger partial charge in [0.2, 0.25) is 11.9 Å². The van der Waals surface area contributed by atoms with Gasteiger partial charge in [-0.25, -0.2) is 4.98 Å². The van der Waals surface area contributed by atoms with E-state index in [4.69, 9.17) is 14.5 Å². The second-order valence-corrected chi connectivity index (χ2v) is 13.9. The summed E-state index contributed by atoms with van der Waals surface area (Å²) in [5.41, 5.74) is 1.41. The maximum atomic E-state index is 13.2. The zero-order valence-corrected chi connectivity index (χ0v) is 28.8. The molecule has 0 radical (unpaired) electrons. The van der Waals surface area contributed by atoms with Crippen molar-refractivity contribution in [1.82, 2.24) is 20.2 Å². The summed E-state index contributed by atoms with van der Waals surface area (Å²) in [7, 11) is 3.36. The average molecular weight is 650 g/mol. The van der Waals surface area contributed by atoms with Crippen LogP contribution in [-0.4, -0.2) is 90.2 Å². The Morgan fingerprint density at radius 3 is 2.47 bits per heavy atom. The lowest BCUT2D eigenvalue weighted by atomic mass is 10.0. The first-order valence-corrected chi connectivity index (χ1v) is 17.1. The van der Waals surface area contributed by atoms with Gasteiger partial charge in [0.1, 0.15) is 23.1 Å². The number of likely N-dealkylation sites (N-methyl/N-ethyl adjacent to an activating group) is 1. The summed E-state index contributed by atoms with van der Waals surface area (Å²) in [4.78, 5) is 54.1. The van der Waals surface area contributed by atoms with Crippen molar-refractivity contribution in [2.75, 3.05) is 48.9 Å². The quantitative estimate of drug-likeness (QED) is 0.319. The molecule has 0 unspecified atom stereocenters. The second kappa shape index (κ2) is 14.9. The average Bonchev–Trinajstić information content (AvgIpc) is 3.57. The summed E-state index contributed by atoms with van der Waals surface area (Å²) >= 11 is 0. The van der Waals surface area contributed by atoms with Crippen molar-refractivity contribution in [3.8, 4) is 5.75 Å². The molecular formula is C35H51N7O5. The monoisotopic (exact) mass is 649 g/mol. The van der Waals surface area contributed by atoms with Crippen LogP contribution in [-0.2, 0) is 14.3 Å². The Balaban J connectivity index is 1.19. The Labute approximate surface area is 278 Å². The van der Waals surface area contributed by atoms with Crippen LogP contribution in [0, 0.1) is 0 Å². The van der Waals surface area contributed by atoms with Gasteiger partial charge in [0.25, 0.3) is 5.91 Å². The molecule has 1 aromatic carbocycles. The fourth-order valence-corrected chi connectivity index (χ4v) is 6.91. The van der Waals surface area contributed by atoms with E-state index in [-0.39, 0.29) is 35.9 Å². The normalized spacial score (nSPS) is 19.4. The highest BCUT2D eigenvalue weighted by molar-refractivity contribution is 6.04. The molecule has 47 heavy (non-hydrogen) atoms. The molecular weight excluding hydrogens is 598 g/mol. The van der Waals surface area contributed by atoms with Gasteiger partial charge in [-0.3, -0.25) is 14.4 Å². The highest BCUT2D eigenvalue weighted by Gasteiger charge is 2.41. The molecule has 5 rings (SSSR count). The number of benzene rings is 1. The smallest absolute Gasteiger partial charge is 0.306 e. The molecule has 1 aromatic heterocycles. The van der Waals surface area contributed by atoms with E-state index in [0.29, 0.717) is 41.5 Å². The number of anilines is 4. The maximum Gasteiger partial charge on any atom is 0.306 e. The lowest BCUT2D eigenvalue weighted by Gasteiger charge is -2.43. The number of rotatable bonds is 11. The fraction of sp³-hybridized carbons (Fsp3) is 0.629. The van der Waals surface area contributed by atoms with E-state index in [1.54, 1.807) is 37.4 Å². The highest BCUT2D eigenvalue weighted by atomic mass is 16.6. The number of nitrogens with one attached hydrogen (secondary N) is 2. The van der Waals surface area contributed by atoms with Gasteiger partial charge in [-0.05, 0) is 84.0 Å². The number of carbonyl (C=O) groups is 3. The number of esters is 1. The third-order valence-corrected chi connectivity index (χ3v) is 9.32. The number of likely N-dealkylation sites (tertiary alicyclic amines) is 1. The summed E-state index contributed by atoms with van der Waals surface area (Å²) in [5.74, 6) is 1.45. The molecule has 2 N–H and O–H groups in total. The molecule has 3 heterocycles. The van der Waals surface area contributed by atoms with Crippen LogP contribution in [0.5, 0.6) is 5.75 Å². The van der Waals surface area contributed by atoms with Crippen molar-refractivity contribution in [3.05, 3.63) is 30.0 Å². The van der Waals surface area contributed by atoms with Gasteiger partial charge in [0.15, 0.2) is 5.82 Å². The number of fused-ring (bicyclic) bond motifs is 1. The third-order valence-electron chi connectivity index (χ3n) is 9.32. The molecule has 1 atom stereocenters. The van der Waals surface area contributed by atoms with E-state index in [1.807, 2.05) is 33.8 Å². The summed E-state index contributed by atoms with van der Waals surface area (Å²) < 4.78 is 11.1. The first-order valence-electron chi connectivity index (χ1n) is 17.1. The van der Waals surface area contributed by atoms with E-state index in [0.717, 1.165) is 70.4 Å². The molecule has 2 fully saturated rings. The van der Waals surface area contributed by atoms with Crippen molar-refractivity contribution >= 4 is 40.9 Å². The van der Waals surface area contributed by atoms with Crippen molar-refractivity contribution in [2.45, 2.75) is 109 Å². The van der Waals surface area contributed by atoms with Crippen LogP contribution in [0.1, 0.15) is 95.8 Å². The third kappa shape index (κ3) is 8.33. The summed E-state index contributed by atoms with van der Waals surface area (Å²) in [5, 5.41) is 6.47. The van der Waals surface area contributed by atoms with Gasteiger partial charge >= 0.3 is 5.97 Å². The Kier molecular flexibility index (Phi) is 10.9. The van der Waals surface area contributed by atoms with Gasteiger partial charge in [-0.1, -0.05) is 19.8 Å².